The third-order valence-corrected chi connectivity index (χ3v) is 3.60. The van der Waals surface area contributed by atoms with Gasteiger partial charge >= 0.3 is 0 Å². The van der Waals surface area contributed by atoms with Gasteiger partial charge in [0.15, 0.2) is 0 Å². The Kier molecular flexibility index (Phi) is 3.84. The molecule has 0 aromatic carbocycles. The van der Waals surface area contributed by atoms with E-state index in [1.165, 1.54) is 12.8 Å². The molecular weight excluding hydrogens is 226 g/mol. The Bertz CT molecular complexity index is 412. The van der Waals surface area contributed by atoms with Crippen molar-refractivity contribution in [1.82, 2.24) is 9.88 Å². The molecule has 4 nitrogen and oxygen atoms in total. The standard InChI is InChI=1S/C14H21N3O/c1-4-15-12-7-8-13(16-9-12)14(18)17(3)10(2)11-5-6-11/h7-11,15H,4-6H2,1-3H3. The first-order valence-corrected chi connectivity index (χ1v) is 6.60. The van der Waals surface area contributed by atoms with Crippen molar-refractivity contribution in [2.75, 3.05) is 18.9 Å². The number of nitrogens with zero attached hydrogens (tertiary/aromatic N) is 2. The number of carbonyl (C=O) groups excluding carboxylic acids is 1. The first kappa shape index (κ1) is 12.9. The number of rotatable bonds is 5. The van der Waals surface area contributed by atoms with Gasteiger partial charge in [-0.2, -0.15) is 0 Å². The van der Waals surface area contributed by atoms with E-state index in [0.717, 1.165) is 12.2 Å². The molecule has 0 bridgehead atoms. The van der Waals surface area contributed by atoms with Gasteiger partial charge in [0, 0.05) is 19.6 Å². The summed E-state index contributed by atoms with van der Waals surface area (Å²) in [6.45, 7) is 5.00. The average Bonchev–Trinajstić information content (AvgIpc) is 3.22. The molecule has 1 aliphatic rings. The number of pyridine rings is 1. The molecule has 1 amide bonds. The molecule has 0 spiro atoms. The highest BCUT2D eigenvalue weighted by Crippen LogP contribution is 2.34. The first-order valence-electron chi connectivity index (χ1n) is 6.60. The van der Waals surface area contributed by atoms with Crippen LogP contribution in [0.4, 0.5) is 5.69 Å². The Morgan fingerprint density at radius 3 is 2.78 bits per heavy atom. The van der Waals surface area contributed by atoms with E-state index in [1.807, 2.05) is 24.9 Å². The van der Waals surface area contributed by atoms with Gasteiger partial charge in [-0.15, -0.1) is 0 Å². The molecule has 0 radical (unpaired) electrons. The Morgan fingerprint density at radius 1 is 1.56 bits per heavy atom. The van der Waals surface area contributed by atoms with E-state index in [9.17, 15) is 4.79 Å². The molecule has 1 unspecified atom stereocenters. The highest BCUT2D eigenvalue weighted by atomic mass is 16.2. The van der Waals surface area contributed by atoms with E-state index in [1.54, 1.807) is 12.3 Å². The van der Waals surface area contributed by atoms with Crippen molar-refractivity contribution >= 4 is 11.6 Å². The Balaban J connectivity index is 2.03. The van der Waals surface area contributed by atoms with Crippen LogP contribution in [0.3, 0.4) is 0 Å². The summed E-state index contributed by atoms with van der Waals surface area (Å²) in [7, 11) is 1.87. The van der Waals surface area contributed by atoms with Gasteiger partial charge in [-0.1, -0.05) is 0 Å². The normalized spacial score (nSPS) is 16.2. The van der Waals surface area contributed by atoms with Gasteiger partial charge in [0.05, 0.1) is 11.9 Å². The van der Waals surface area contributed by atoms with Gasteiger partial charge in [0.1, 0.15) is 5.69 Å². The number of aromatic nitrogens is 1. The smallest absolute Gasteiger partial charge is 0.272 e. The van der Waals surface area contributed by atoms with E-state index in [0.29, 0.717) is 17.7 Å². The van der Waals surface area contributed by atoms with Crippen LogP contribution < -0.4 is 5.32 Å². The molecule has 2 rings (SSSR count). The Labute approximate surface area is 108 Å². The lowest BCUT2D eigenvalue weighted by Gasteiger charge is -2.24. The van der Waals surface area contributed by atoms with Crippen molar-refractivity contribution in [3.05, 3.63) is 24.0 Å². The van der Waals surface area contributed by atoms with Crippen molar-refractivity contribution in [1.29, 1.82) is 0 Å². The second kappa shape index (κ2) is 5.38. The lowest BCUT2D eigenvalue weighted by Crippen LogP contribution is -2.36. The fraction of sp³-hybridized carbons (Fsp3) is 0.571. The molecule has 1 N–H and O–H groups in total. The molecule has 1 aromatic rings. The number of hydrogen-bond donors (Lipinski definition) is 1. The average molecular weight is 247 g/mol. The number of hydrogen-bond acceptors (Lipinski definition) is 3. The number of anilines is 1. The van der Waals surface area contributed by atoms with Gasteiger partial charge in [0.25, 0.3) is 5.91 Å². The molecule has 1 saturated carbocycles. The van der Waals surface area contributed by atoms with Crippen LogP contribution in [-0.4, -0.2) is 35.4 Å². The minimum atomic E-state index is 0.0115. The molecule has 1 aromatic heterocycles. The minimum Gasteiger partial charge on any atom is -0.384 e. The molecule has 0 saturated heterocycles. The number of amides is 1. The lowest BCUT2D eigenvalue weighted by atomic mass is 10.2. The predicted octanol–water partition coefficient (Wildman–Crippen LogP) is 2.38. The summed E-state index contributed by atoms with van der Waals surface area (Å²) in [5.74, 6) is 0.692. The van der Waals surface area contributed by atoms with Crippen LogP contribution in [0, 0.1) is 5.92 Å². The van der Waals surface area contributed by atoms with Gasteiger partial charge in [-0.25, -0.2) is 4.98 Å². The van der Waals surface area contributed by atoms with Crippen molar-refractivity contribution < 1.29 is 4.79 Å². The summed E-state index contributed by atoms with van der Waals surface area (Å²) in [6, 6.07) is 4.00. The van der Waals surface area contributed by atoms with Crippen molar-refractivity contribution in [3.63, 3.8) is 0 Å². The molecule has 0 aliphatic heterocycles. The molecule has 98 valence electrons. The van der Waals surface area contributed by atoms with Gasteiger partial charge in [-0.05, 0) is 44.7 Å². The van der Waals surface area contributed by atoms with Crippen molar-refractivity contribution in [3.8, 4) is 0 Å². The summed E-state index contributed by atoms with van der Waals surface area (Å²) < 4.78 is 0. The van der Waals surface area contributed by atoms with Crippen LogP contribution in [0.1, 0.15) is 37.2 Å². The van der Waals surface area contributed by atoms with E-state index >= 15 is 0 Å². The summed E-state index contributed by atoms with van der Waals surface area (Å²) in [4.78, 5) is 18.3. The third kappa shape index (κ3) is 2.81. The van der Waals surface area contributed by atoms with Crippen molar-refractivity contribution in [2.45, 2.75) is 32.7 Å². The zero-order chi connectivity index (χ0) is 13.1. The quantitative estimate of drug-likeness (QED) is 0.869. The molecule has 18 heavy (non-hydrogen) atoms. The van der Waals surface area contributed by atoms with Crippen LogP contribution in [0.5, 0.6) is 0 Å². The predicted molar refractivity (Wildman–Crippen MR) is 72.7 cm³/mol. The highest BCUT2D eigenvalue weighted by molar-refractivity contribution is 5.92. The summed E-state index contributed by atoms with van der Waals surface area (Å²) in [5.41, 5.74) is 1.47. The Hall–Kier alpha value is -1.58. The van der Waals surface area contributed by atoms with Gasteiger partial charge < -0.3 is 10.2 Å². The molecule has 1 fully saturated rings. The topological polar surface area (TPSA) is 45.2 Å². The maximum atomic E-state index is 12.2. The summed E-state index contributed by atoms with van der Waals surface area (Å²) >= 11 is 0. The van der Waals surface area contributed by atoms with E-state index in [-0.39, 0.29) is 5.91 Å². The van der Waals surface area contributed by atoms with Gasteiger partial charge in [-0.3, -0.25) is 4.79 Å². The second-order valence-electron chi connectivity index (χ2n) is 4.96. The second-order valence-corrected chi connectivity index (χ2v) is 4.96. The fourth-order valence-electron chi connectivity index (χ4n) is 2.09. The molecule has 1 aliphatic carbocycles. The maximum absolute atomic E-state index is 12.2. The number of nitrogens with one attached hydrogen (secondary N) is 1. The van der Waals surface area contributed by atoms with Gasteiger partial charge in [0.2, 0.25) is 0 Å². The maximum Gasteiger partial charge on any atom is 0.272 e. The van der Waals surface area contributed by atoms with Crippen LogP contribution in [0.2, 0.25) is 0 Å². The summed E-state index contributed by atoms with van der Waals surface area (Å²) in [6.07, 6.45) is 4.20. The van der Waals surface area contributed by atoms with E-state index < -0.39 is 0 Å². The zero-order valence-corrected chi connectivity index (χ0v) is 11.3. The zero-order valence-electron chi connectivity index (χ0n) is 11.3. The molecule has 1 atom stereocenters. The van der Waals surface area contributed by atoms with Crippen LogP contribution >= 0.6 is 0 Å². The minimum absolute atomic E-state index is 0.0115. The van der Waals surface area contributed by atoms with E-state index in [4.69, 9.17) is 0 Å². The summed E-state index contributed by atoms with van der Waals surface area (Å²) in [5, 5.41) is 3.17. The Morgan fingerprint density at radius 2 is 2.28 bits per heavy atom. The highest BCUT2D eigenvalue weighted by Gasteiger charge is 2.32. The molecule has 1 heterocycles. The largest absolute Gasteiger partial charge is 0.384 e. The van der Waals surface area contributed by atoms with Crippen LogP contribution in [0.15, 0.2) is 18.3 Å². The lowest BCUT2D eigenvalue weighted by molar-refractivity contribution is 0.0721. The number of carbonyl (C=O) groups is 1. The first-order chi connectivity index (χ1) is 8.63. The van der Waals surface area contributed by atoms with Crippen molar-refractivity contribution in [2.24, 2.45) is 5.92 Å². The molecule has 4 heteroatoms. The monoisotopic (exact) mass is 247 g/mol. The molecular formula is C14H21N3O. The fourth-order valence-corrected chi connectivity index (χ4v) is 2.09. The third-order valence-electron chi connectivity index (χ3n) is 3.60. The SMILES string of the molecule is CCNc1ccc(C(=O)N(C)C(C)C2CC2)nc1. The van der Waals surface area contributed by atoms with Crippen LogP contribution in [0.25, 0.3) is 0 Å². The van der Waals surface area contributed by atoms with E-state index in [2.05, 4.69) is 17.2 Å². The van der Waals surface area contributed by atoms with Crippen LogP contribution in [-0.2, 0) is 0 Å².